The fourth-order valence-electron chi connectivity index (χ4n) is 4.37. The van der Waals surface area contributed by atoms with E-state index in [-0.39, 0.29) is 17.8 Å². The van der Waals surface area contributed by atoms with Gasteiger partial charge in [0.25, 0.3) is 5.56 Å². The van der Waals surface area contributed by atoms with Crippen LogP contribution < -0.4 is 25.2 Å². The van der Waals surface area contributed by atoms with Gasteiger partial charge in [-0.1, -0.05) is 6.07 Å². The van der Waals surface area contributed by atoms with Gasteiger partial charge in [0, 0.05) is 36.4 Å². The number of methoxy groups -OCH3 is 2. The summed E-state index contributed by atoms with van der Waals surface area (Å²) < 4.78 is 11.7. The van der Waals surface area contributed by atoms with E-state index in [1.54, 1.807) is 37.6 Å². The Morgan fingerprint density at radius 3 is 2.67 bits per heavy atom. The highest BCUT2D eigenvalue weighted by molar-refractivity contribution is 7.45. The summed E-state index contributed by atoms with van der Waals surface area (Å²) in [7, 11) is 1.15. The van der Waals surface area contributed by atoms with E-state index in [1.165, 1.54) is 7.11 Å². The molecule has 11 nitrogen and oxygen atoms in total. The Labute approximate surface area is 209 Å². The Balaban J connectivity index is 1.50. The van der Waals surface area contributed by atoms with Crippen molar-refractivity contribution in [3.05, 3.63) is 46.9 Å². The normalized spacial score (nSPS) is 14.3. The van der Waals surface area contributed by atoms with Gasteiger partial charge in [-0.05, 0) is 43.4 Å². The Morgan fingerprint density at radius 2 is 1.97 bits per heavy atom. The number of hydrogen-bond donors (Lipinski definition) is 3. The molecule has 4 rings (SSSR count). The molecule has 0 aliphatic carbocycles. The molecule has 1 aliphatic heterocycles. The fraction of sp³-hybridized carbons (Fsp3) is 0.417. The number of amides is 1. The van der Waals surface area contributed by atoms with E-state index in [0.29, 0.717) is 34.7 Å². The fourth-order valence-corrected chi connectivity index (χ4v) is 4.96. The van der Waals surface area contributed by atoms with Crippen molar-refractivity contribution in [2.75, 3.05) is 43.7 Å². The highest BCUT2D eigenvalue weighted by atomic mass is 31.2. The highest BCUT2D eigenvalue weighted by Gasteiger charge is 2.23. The third-order valence-electron chi connectivity index (χ3n) is 6.30. The summed E-state index contributed by atoms with van der Waals surface area (Å²) in [5, 5.41) is 7.79. The van der Waals surface area contributed by atoms with Gasteiger partial charge in [0.15, 0.2) is 8.38 Å². The first-order valence-corrected chi connectivity index (χ1v) is 13.1. The molecule has 1 saturated heterocycles. The first-order chi connectivity index (χ1) is 17.4. The minimum Gasteiger partial charge on any atom is -0.497 e. The number of nitrogens with one attached hydrogen (secondary N) is 1. The van der Waals surface area contributed by atoms with Gasteiger partial charge in [-0.3, -0.25) is 9.59 Å². The molecular formula is C24H30N5O6P. The average Bonchev–Trinajstić information content (AvgIpc) is 2.88. The Bertz CT molecular complexity index is 1280. The number of anilines is 2. The summed E-state index contributed by atoms with van der Waals surface area (Å²) in [6, 6.07) is 8.75. The van der Waals surface area contributed by atoms with Gasteiger partial charge in [-0.25, -0.2) is 4.68 Å². The number of piperidine rings is 1. The van der Waals surface area contributed by atoms with E-state index >= 15 is 0 Å². The van der Waals surface area contributed by atoms with Crippen molar-refractivity contribution >= 4 is 36.6 Å². The smallest absolute Gasteiger partial charge is 0.280 e. The lowest BCUT2D eigenvalue weighted by atomic mass is 9.94. The SMILES string of the molecule is COc1cccc(NC(=O)Cn2ncc3cc(N4CCC(CCP(O)O)CC4)nc(OC)c3c2=O)c1. The van der Waals surface area contributed by atoms with Gasteiger partial charge in [0.1, 0.15) is 23.5 Å². The first kappa shape index (κ1) is 25.8. The lowest BCUT2D eigenvalue weighted by Gasteiger charge is -2.33. The predicted octanol–water partition coefficient (Wildman–Crippen LogP) is 2.35. The van der Waals surface area contributed by atoms with Crippen LogP contribution in [-0.4, -0.2) is 63.9 Å². The van der Waals surface area contributed by atoms with Crippen LogP contribution in [0.1, 0.15) is 19.3 Å². The van der Waals surface area contributed by atoms with Gasteiger partial charge >= 0.3 is 0 Å². The van der Waals surface area contributed by atoms with E-state index in [1.807, 2.05) is 6.07 Å². The number of hydrogen-bond acceptors (Lipinski definition) is 9. The molecule has 0 atom stereocenters. The molecule has 1 aromatic carbocycles. The summed E-state index contributed by atoms with van der Waals surface area (Å²) in [5.74, 6) is 1.53. The monoisotopic (exact) mass is 515 g/mol. The second-order valence-corrected chi connectivity index (χ2v) is 9.85. The lowest BCUT2D eigenvalue weighted by molar-refractivity contribution is -0.117. The van der Waals surface area contributed by atoms with Crippen LogP contribution in [-0.2, 0) is 11.3 Å². The minimum atomic E-state index is -1.84. The standard InChI is InChI=1S/C24H30N5O6P/c1-34-19-5-3-4-18(13-19)26-21(30)15-29-24(31)22-17(14-25-29)12-20(27-23(22)35-2)28-9-6-16(7-10-28)8-11-36(32)33/h3-5,12-14,16,32-33H,6-11,15H2,1-2H3,(H,26,30). The van der Waals surface area contributed by atoms with Crippen molar-refractivity contribution in [3.63, 3.8) is 0 Å². The number of pyridine rings is 1. The Morgan fingerprint density at radius 1 is 1.19 bits per heavy atom. The maximum atomic E-state index is 13.2. The van der Waals surface area contributed by atoms with E-state index in [4.69, 9.17) is 9.47 Å². The van der Waals surface area contributed by atoms with Gasteiger partial charge in [-0.2, -0.15) is 10.1 Å². The molecule has 3 heterocycles. The van der Waals surface area contributed by atoms with Gasteiger partial charge < -0.3 is 29.5 Å². The summed E-state index contributed by atoms with van der Waals surface area (Å²) in [4.78, 5) is 50.8. The van der Waals surface area contributed by atoms with Crippen LogP contribution >= 0.6 is 8.38 Å². The van der Waals surface area contributed by atoms with Crippen LogP contribution in [0.2, 0.25) is 0 Å². The average molecular weight is 516 g/mol. The summed E-state index contributed by atoms with van der Waals surface area (Å²) >= 11 is 0. The number of benzene rings is 1. The van der Waals surface area contributed by atoms with Crippen molar-refractivity contribution in [3.8, 4) is 11.6 Å². The van der Waals surface area contributed by atoms with Gasteiger partial charge in [0.2, 0.25) is 11.8 Å². The molecular weight excluding hydrogens is 485 g/mol. The zero-order chi connectivity index (χ0) is 25.7. The maximum Gasteiger partial charge on any atom is 0.280 e. The molecule has 0 unspecified atom stereocenters. The van der Waals surface area contributed by atoms with Crippen LogP contribution in [0.15, 0.2) is 41.3 Å². The highest BCUT2D eigenvalue weighted by Crippen LogP contribution is 2.32. The molecule has 1 fully saturated rings. The summed E-state index contributed by atoms with van der Waals surface area (Å²) in [5.41, 5.74) is 0.0850. The first-order valence-electron chi connectivity index (χ1n) is 11.7. The van der Waals surface area contributed by atoms with E-state index in [0.717, 1.165) is 37.0 Å². The lowest BCUT2D eigenvalue weighted by Crippen LogP contribution is -2.34. The van der Waals surface area contributed by atoms with Crippen molar-refractivity contribution in [1.29, 1.82) is 0 Å². The van der Waals surface area contributed by atoms with Crippen molar-refractivity contribution in [2.24, 2.45) is 5.92 Å². The minimum absolute atomic E-state index is 0.185. The number of ether oxygens (including phenoxy) is 2. The van der Waals surface area contributed by atoms with Crippen LogP contribution in [0.25, 0.3) is 10.8 Å². The van der Waals surface area contributed by atoms with Gasteiger partial charge in [-0.15, -0.1) is 0 Å². The van der Waals surface area contributed by atoms with Gasteiger partial charge in [0.05, 0.1) is 20.4 Å². The number of fused-ring (bicyclic) bond motifs is 1. The molecule has 0 spiro atoms. The van der Waals surface area contributed by atoms with Crippen molar-refractivity contribution in [1.82, 2.24) is 14.8 Å². The zero-order valence-electron chi connectivity index (χ0n) is 20.3. The molecule has 0 saturated carbocycles. The third kappa shape index (κ3) is 6.10. The number of rotatable bonds is 9. The van der Waals surface area contributed by atoms with Crippen LogP contribution in [0.3, 0.4) is 0 Å². The molecule has 3 aromatic rings. The Hall–Kier alpha value is -3.27. The molecule has 1 amide bonds. The second kappa shape index (κ2) is 11.6. The summed E-state index contributed by atoms with van der Waals surface area (Å²) in [6.07, 6.45) is 4.63. The zero-order valence-corrected chi connectivity index (χ0v) is 21.1. The van der Waals surface area contributed by atoms with Crippen molar-refractivity contribution < 1.29 is 24.1 Å². The molecule has 12 heteroatoms. The molecule has 3 N–H and O–H groups in total. The second-order valence-electron chi connectivity index (χ2n) is 8.66. The largest absolute Gasteiger partial charge is 0.497 e. The Kier molecular flexibility index (Phi) is 8.35. The molecule has 192 valence electrons. The van der Waals surface area contributed by atoms with Crippen LogP contribution in [0.5, 0.6) is 11.6 Å². The van der Waals surface area contributed by atoms with E-state index < -0.39 is 19.8 Å². The number of nitrogens with zero attached hydrogens (tertiary/aromatic N) is 4. The molecule has 1 aliphatic rings. The number of carbonyl (C=O) groups is 1. The molecule has 0 radical (unpaired) electrons. The van der Waals surface area contributed by atoms with E-state index in [2.05, 4.69) is 20.3 Å². The molecule has 0 bridgehead atoms. The van der Waals surface area contributed by atoms with E-state index in [9.17, 15) is 19.4 Å². The molecule has 36 heavy (non-hydrogen) atoms. The van der Waals surface area contributed by atoms with Crippen molar-refractivity contribution in [2.45, 2.75) is 25.8 Å². The molecule has 2 aromatic heterocycles. The van der Waals surface area contributed by atoms with Crippen LogP contribution in [0, 0.1) is 5.92 Å². The quantitative estimate of drug-likeness (QED) is 0.367. The number of carbonyl (C=O) groups excluding carboxylic acids is 1. The summed E-state index contributed by atoms with van der Waals surface area (Å²) in [6.45, 7) is 1.28. The topological polar surface area (TPSA) is 139 Å². The maximum absolute atomic E-state index is 13.2. The predicted molar refractivity (Wildman–Crippen MR) is 138 cm³/mol. The van der Waals surface area contributed by atoms with Crippen LogP contribution in [0.4, 0.5) is 11.5 Å². The third-order valence-corrected chi connectivity index (χ3v) is 6.96. The number of aromatic nitrogens is 3.